The number of carbonyl (C=O) groups is 1. The Morgan fingerprint density at radius 3 is 2.67 bits per heavy atom. The fourth-order valence-corrected chi connectivity index (χ4v) is 3.42. The van der Waals surface area contributed by atoms with Gasteiger partial charge >= 0.3 is 0 Å². The summed E-state index contributed by atoms with van der Waals surface area (Å²) in [6.07, 6.45) is 3.35. The Morgan fingerprint density at radius 1 is 1.00 bits per heavy atom. The molecule has 3 aromatic rings. The summed E-state index contributed by atoms with van der Waals surface area (Å²) >= 11 is 0. The lowest BCUT2D eigenvalue weighted by Gasteiger charge is -2.19. The largest absolute Gasteiger partial charge is 0.456 e. The second kappa shape index (κ2) is 8.01. The molecule has 4 rings (SSSR count). The molecule has 0 aliphatic carbocycles. The van der Waals surface area contributed by atoms with Gasteiger partial charge in [0, 0.05) is 37.0 Å². The van der Waals surface area contributed by atoms with Crippen LogP contribution in [0.15, 0.2) is 79.1 Å². The van der Waals surface area contributed by atoms with E-state index in [0.717, 1.165) is 12.2 Å². The lowest BCUT2D eigenvalue weighted by atomic mass is 9.88. The lowest BCUT2D eigenvalue weighted by molar-refractivity contribution is -0.119. The molecule has 1 saturated heterocycles. The summed E-state index contributed by atoms with van der Waals surface area (Å²) in [5.74, 6) is 1.42. The zero-order valence-electron chi connectivity index (χ0n) is 14.8. The molecular formula is C22H21N3O2. The maximum absolute atomic E-state index is 12.9. The van der Waals surface area contributed by atoms with Crippen LogP contribution in [0, 0.1) is 5.92 Å². The van der Waals surface area contributed by atoms with Crippen LogP contribution in [-0.2, 0) is 4.79 Å². The van der Waals surface area contributed by atoms with Crippen LogP contribution in [0.2, 0.25) is 0 Å². The first-order valence-electron chi connectivity index (χ1n) is 9.04. The third-order valence-corrected chi connectivity index (χ3v) is 4.75. The number of aromatic nitrogens is 1. The van der Waals surface area contributed by atoms with Crippen LogP contribution in [0.25, 0.3) is 0 Å². The molecule has 1 aliphatic heterocycles. The molecule has 0 unspecified atom stereocenters. The highest BCUT2D eigenvalue weighted by Gasteiger charge is 2.33. The first-order valence-corrected chi connectivity index (χ1v) is 9.04. The minimum Gasteiger partial charge on any atom is -0.456 e. The van der Waals surface area contributed by atoms with Crippen molar-refractivity contribution in [1.82, 2.24) is 10.3 Å². The molecule has 2 N–H and O–H groups in total. The molecule has 0 radical (unpaired) electrons. The summed E-state index contributed by atoms with van der Waals surface area (Å²) in [4.78, 5) is 16.9. The number of nitrogens with one attached hydrogen (secondary N) is 2. The standard InChI is InChI=1S/C22H21N3O2/c26-22(21-15-24-14-20(21)16-6-2-1-3-7-16)25-17-8-4-9-18(12-17)27-19-10-5-11-23-13-19/h1-13,20-21,24H,14-15H2,(H,25,26)/t20-,21+/m1/s1. The highest BCUT2D eigenvalue weighted by Crippen LogP contribution is 2.30. The molecule has 0 spiro atoms. The van der Waals surface area contributed by atoms with E-state index in [2.05, 4.69) is 27.8 Å². The molecule has 1 aliphatic rings. The third kappa shape index (κ3) is 4.15. The first kappa shape index (κ1) is 17.2. The number of anilines is 1. The van der Waals surface area contributed by atoms with Gasteiger partial charge in [0.05, 0.1) is 12.1 Å². The smallest absolute Gasteiger partial charge is 0.229 e. The van der Waals surface area contributed by atoms with E-state index in [0.29, 0.717) is 18.0 Å². The maximum atomic E-state index is 12.9. The van der Waals surface area contributed by atoms with Crippen LogP contribution in [0.5, 0.6) is 11.5 Å². The van der Waals surface area contributed by atoms with Crippen LogP contribution >= 0.6 is 0 Å². The Bertz CT molecular complexity index is 900. The molecule has 1 fully saturated rings. The third-order valence-electron chi connectivity index (χ3n) is 4.75. The van der Waals surface area contributed by atoms with Gasteiger partial charge in [-0.2, -0.15) is 0 Å². The van der Waals surface area contributed by atoms with Gasteiger partial charge in [-0.25, -0.2) is 0 Å². The SMILES string of the molecule is O=C(Nc1cccc(Oc2cccnc2)c1)[C@H]1CNC[C@@H]1c1ccccc1. The fourth-order valence-electron chi connectivity index (χ4n) is 3.42. The fraction of sp³-hybridized carbons (Fsp3) is 0.182. The van der Waals surface area contributed by atoms with Crippen molar-refractivity contribution in [3.63, 3.8) is 0 Å². The summed E-state index contributed by atoms with van der Waals surface area (Å²) in [6, 6.07) is 21.3. The van der Waals surface area contributed by atoms with Gasteiger partial charge in [-0.1, -0.05) is 36.4 Å². The zero-order chi connectivity index (χ0) is 18.5. The van der Waals surface area contributed by atoms with E-state index in [1.165, 1.54) is 5.56 Å². The number of benzene rings is 2. The second-order valence-corrected chi connectivity index (χ2v) is 6.59. The van der Waals surface area contributed by atoms with E-state index in [1.54, 1.807) is 12.4 Å². The number of carbonyl (C=O) groups excluding carboxylic acids is 1. The summed E-state index contributed by atoms with van der Waals surface area (Å²) in [7, 11) is 0. The van der Waals surface area contributed by atoms with Gasteiger partial charge in [0.2, 0.25) is 5.91 Å². The molecule has 27 heavy (non-hydrogen) atoms. The average molecular weight is 359 g/mol. The zero-order valence-corrected chi connectivity index (χ0v) is 14.8. The quantitative estimate of drug-likeness (QED) is 0.727. The molecule has 1 aromatic heterocycles. The van der Waals surface area contributed by atoms with Crippen molar-refractivity contribution in [2.24, 2.45) is 5.92 Å². The Hall–Kier alpha value is -3.18. The van der Waals surface area contributed by atoms with Gasteiger partial charge in [-0.05, 0) is 29.8 Å². The number of hydrogen-bond acceptors (Lipinski definition) is 4. The van der Waals surface area contributed by atoms with Gasteiger partial charge in [0.15, 0.2) is 0 Å². The van der Waals surface area contributed by atoms with Crippen molar-refractivity contribution in [1.29, 1.82) is 0 Å². The van der Waals surface area contributed by atoms with Crippen LogP contribution < -0.4 is 15.4 Å². The predicted molar refractivity (Wildman–Crippen MR) is 105 cm³/mol. The number of ether oxygens (including phenoxy) is 1. The average Bonchev–Trinajstić information content (AvgIpc) is 3.20. The Morgan fingerprint density at radius 2 is 1.85 bits per heavy atom. The Balaban J connectivity index is 1.45. The molecule has 1 amide bonds. The van der Waals surface area contributed by atoms with Crippen molar-refractivity contribution in [3.8, 4) is 11.5 Å². The van der Waals surface area contributed by atoms with E-state index in [9.17, 15) is 4.79 Å². The van der Waals surface area contributed by atoms with Crippen molar-refractivity contribution < 1.29 is 9.53 Å². The molecule has 0 saturated carbocycles. The summed E-state index contributed by atoms with van der Waals surface area (Å²) in [6.45, 7) is 1.49. The lowest BCUT2D eigenvalue weighted by Crippen LogP contribution is -2.28. The summed E-state index contributed by atoms with van der Waals surface area (Å²) < 4.78 is 5.79. The summed E-state index contributed by atoms with van der Waals surface area (Å²) in [5.41, 5.74) is 1.91. The molecule has 0 bridgehead atoms. The number of pyridine rings is 1. The van der Waals surface area contributed by atoms with Crippen LogP contribution in [-0.4, -0.2) is 24.0 Å². The van der Waals surface area contributed by atoms with E-state index in [4.69, 9.17) is 4.74 Å². The highest BCUT2D eigenvalue weighted by atomic mass is 16.5. The van der Waals surface area contributed by atoms with Gasteiger partial charge in [-0.15, -0.1) is 0 Å². The maximum Gasteiger partial charge on any atom is 0.229 e. The van der Waals surface area contributed by atoms with E-state index in [1.807, 2.05) is 54.6 Å². The van der Waals surface area contributed by atoms with Crippen LogP contribution in [0.4, 0.5) is 5.69 Å². The molecule has 5 heteroatoms. The van der Waals surface area contributed by atoms with Crippen LogP contribution in [0.1, 0.15) is 11.5 Å². The molecule has 2 heterocycles. The van der Waals surface area contributed by atoms with Gasteiger partial charge in [0.25, 0.3) is 0 Å². The molecular weight excluding hydrogens is 338 g/mol. The molecule has 136 valence electrons. The first-order chi connectivity index (χ1) is 13.3. The van der Waals surface area contributed by atoms with Gasteiger partial charge in [-0.3, -0.25) is 9.78 Å². The van der Waals surface area contributed by atoms with E-state index < -0.39 is 0 Å². The van der Waals surface area contributed by atoms with Crippen molar-refractivity contribution >= 4 is 11.6 Å². The van der Waals surface area contributed by atoms with Crippen molar-refractivity contribution in [2.45, 2.75) is 5.92 Å². The van der Waals surface area contributed by atoms with Crippen LogP contribution in [0.3, 0.4) is 0 Å². The minimum atomic E-state index is -0.102. The van der Waals surface area contributed by atoms with E-state index in [-0.39, 0.29) is 17.7 Å². The number of rotatable bonds is 5. The predicted octanol–water partition coefficient (Wildman–Crippen LogP) is 3.82. The monoisotopic (exact) mass is 359 g/mol. The topological polar surface area (TPSA) is 63.2 Å². The summed E-state index contributed by atoms with van der Waals surface area (Å²) in [5, 5.41) is 6.37. The van der Waals surface area contributed by atoms with Gasteiger partial charge in [0.1, 0.15) is 11.5 Å². The highest BCUT2D eigenvalue weighted by molar-refractivity contribution is 5.93. The number of amides is 1. The number of nitrogens with zero attached hydrogens (tertiary/aromatic N) is 1. The molecule has 2 atom stereocenters. The Labute approximate surface area is 158 Å². The number of hydrogen-bond donors (Lipinski definition) is 2. The normalized spacial score (nSPS) is 18.8. The van der Waals surface area contributed by atoms with Gasteiger partial charge < -0.3 is 15.4 Å². The molecule has 2 aromatic carbocycles. The van der Waals surface area contributed by atoms with Crippen molar-refractivity contribution in [2.75, 3.05) is 18.4 Å². The van der Waals surface area contributed by atoms with E-state index >= 15 is 0 Å². The van der Waals surface area contributed by atoms with Crippen molar-refractivity contribution in [3.05, 3.63) is 84.7 Å². The minimum absolute atomic E-state index is 0.0207. The molecule has 5 nitrogen and oxygen atoms in total. The second-order valence-electron chi connectivity index (χ2n) is 6.59. The Kier molecular flexibility index (Phi) is 5.12.